The van der Waals surface area contributed by atoms with Gasteiger partial charge in [0.2, 0.25) is 5.91 Å². The van der Waals surface area contributed by atoms with Gasteiger partial charge in [0.15, 0.2) is 0 Å². The number of amides is 1. The molecule has 7 atom stereocenters. The second kappa shape index (κ2) is 9.36. The van der Waals surface area contributed by atoms with Crippen LogP contribution in [0.1, 0.15) is 104 Å². The van der Waals surface area contributed by atoms with Crippen LogP contribution in [0, 0.1) is 40.4 Å². The highest BCUT2D eigenvalue weighted by atomic mass is 16.3. The van der Waals surface area contributed by atoms with Crippen molar-refractivity contribution in [1.29, 1.82) is 0 Å². The van der Waals surface area contributed by atoms with Crippen LogP contribution in [0.15, 0.2) is 0 Å². The van der Waals surface area contributed by atoms with Crippen LogP contribution < -0.4 is 0 Å². The van der Waals surface area contributed by atoms with Crippen LogP contribution in [-0.2, 0) is 9.59 Å². The van der Waals surface area contributed by atoms with Crippen LogP contribution in [0.4, 0.5) is 0 Å². The Morgan fingerprint density at radius 1 is 0.889 bits per heavy atom. The molecule has 6 rings (SSSR count). The van der Waals surface area contributed by atoms with Gasteiger partial charge in [-0.3, -0.25) is 14.5 Å². The minimum absolute atomic E-state index is 0.0414. The van der Waals surface area contributed by atoms with E-state index < -0.39 is 5.60 Å². The first kappa shape index (κ1) is 25.3. The zero-order valence-corrected chi connectivity index (χ0v) is 23.0. The molecule has 1 saturated heterocycles. The Balaban J connectivity index is 1.05. The summed E-state index contributed by atoms with van der Waals surface area (Å²) in [5.41, 5.74) is -0.299. The van der Waals surface area contributed by atoms with Gasteiger partial charge >= 0.3 is 0 Å². The van der Waals surface area contributed by atoms with Crippen molar-refractivity contribution >= 4 is 11.7 Å². The number of aliphatic hydroxyl groups is 1. The third kappa shape index (κ3) is 4.19. The summed E-state index contributed by atoms with van der Waals surface area (Å²) >= 11 is 0. The Bertz CT molecular complexity index is 862. The number of Topliss-reactive ketones (excluding diaryl/α,β-unsaturated/α-hetero) is 1. The van der Waals surface area contributed by atoms with Gasteiger partial charge in [-0.1, -0.05) is 33.1 Å². The normalized spacial score (nSPS) is 46.2. The first-order valence-corrected chi connectivity index (χ1v) is 15.5. The summed E-state index contributed by atoms with van der Waals surface area (Å²) in [5, 5.41) is 11.8. The van der Waals surface area contributed by atoms with Crippen molar-refractivity contribution in [2.75, 3.05) is 32.7 Å². The summed E-state index contributed by atoms with van der Waals surface area (Å²) in [6.45, 7) is 9.06. The molecule has 0 aromatic rings. The van der Waals surface area contributed by atoms with Crippen LogP contribution in [0.2, 0.25) is 0 Å². The second-order valence-electron chi connectivity index (χ2n) is 14.4. The number of β-amino-alcohol motifs (C(OH)–C–C–N with tert-alkyl or cyclic N) is 1. The van der Waals surface area contributed by atoms with E-state index in [2.05, 4.69) is 23.6 Å². The average molecular weight is 499 g/mol. The number of carbonyl (C=O) groups excluding carboxylic acids is 2. The van der Waals surface area contributed by atoms with Crippen LogP contribution in [0.5, 0.6) is 0 Å². The van der Waals surface area contributed by atoms with Crippen molar-refractivity contribution in [2.24, 2.45) is 40.4 Å². The predicted molar refractivity (Wildman–Crippen MR) is 141 cm³/mol. The maximum Gasteiger partial charge on any atom is 0.225 e. The minimum Gasteiger partial charge on any atom is -0.389 e. The molecule has 0 aromatic heterocycles. The minimum atomic E-state index is -0.584. The quantitative estimate of drug-likeness (QED) is 0.591. The molecule has 5 saturated carbocycles. The molecular formula is C31H50N2O3. The SMILES string of the molecule is C[C@]12CCC(O)(CN3CCN(C(=O)C4CCCCC4)CC3)CC1CC[C@@H]1[C@H]2CC[C@]2(C)C(=O)CC[C@@H]12. The van der Waals surface area contributed by atoms with Gasteiger partial charge in [0.25, 0.3) is 0 Å². The van der Waals surface area contributed by atoms with Crippen molar-refractivity contribution < 1.29 is 14.7 Å². The lowest BCUT2D eigenvalue weighted by Crippen LogP contribution is -2.59. The van der Waals surface area contributed by atoms with Gasteiger partial charge in [-0.2, -0.15) is 0 Å². The molecular weight excluding hydrogens is 448 g/mol. The summed E-state index contributed by atoms with van der Waals surface area (Å²) in [6.07, 6.45) is 15.6. The van der Waals surface area contributed by atoms with E-state index in [0.717, 1.165) is 95.9 Å². The summed E-state index contributed by atoms with van der Waals surface area (Å²) in [6, 6.07) is 0. The van der Waals surface area contributed by atoms with E-state index in [1.807, 2.05) is 0 Å². The summed E-state index contributed by atoms with van der Waals surface area (Å²) < 4.78 is 0. The van der Waals surface area contributed by atoms with Crippen molar-refractivity contribution in [3.05, 3.63) is 0 Å². The lowest BCUT2D eigenvalue weighted by molar-refractivity contribution is -0.158. The lowest BCUT2D eigenvalue weighted by atomic mass is 9.44. The summed E-state index contributed by atoms with van der Waals surface area (Å²) in [7, 11) is 0. The number of piperazine rings is 1. The lowest BCUT2D eigenvalue weighted by Gasteiger charge is -2.61. The van der Waals surface area contributed by atoms with Crippen molar-refractivity contribution in [3.8, 4) is 0 Å². The molecule has 1 N–H and O–H groups in total. The van der Waals surface area contributed by atoms with Gasteiger partial charge in [0.05, 0.1) is 5.60 Å². The predicted octanol–water partition coefficient (Wildman–Crippen LogP) is 5.05. The first-order chi connectivity index (χ1) is 17.2. The molecule has 0 spiro atoms. The molecule has 6 aliphatic rings. The fraction of sp³-hybridized carbons (Fsp3) is 0.935. The van der Waals surface area contributed by atoms with Crippen LogP contribution in [-0.4, -0.2) is 64.9 Å². The number of hydrogen-bond acceptors (Lipinski definition) is 4. The summed E-state index contributed by atoms with van der Waals surface area (Å²) in [5.74, 6) is 3.86. The molecule has 0 radical (unpaired) electrons. The number of hydrogen-bond donors (Lipinski definition) is 1. The monoisotopic (exact) mass is 498 g/mol. The van der Waals surface area contributed by atoms with Crippen molar-refractivity contribution in [2.45, 2.75) is 109 Å². The molecule has 5 heteroatoms. The van der Waals surface area contributed by atoms with Crippen molar-refractivity contribution in [3.63, 3.8) is 0 Å². The number of nitrogens with zero attached hydrogens (tertiary/aromatic N) is 2. The zero-order valence-electron chi connectivity index (χ0n) is 23.0. The molecule has 0 bridgehead atoms. The van der Waals surface area contributed by atoms with E-state index >= 15 is 0 Å². The molecule has 5 nitrogen and oxygen atoms in total. The zero-order chi connectivity index (χ0) is 25.1. The number of rotatable bonds is 3. The molecule has 1 aliphatic heterocycles. The Morgan fingerprint density at radius 3 is 2.39 bits per heavy atom. The molecule has 202 valence electrons. The highest BCUT2D eigenvalue weighted by molar-refractivity contribution is 5.87. The van der Waals surface area contributed by atoms with E-state index in [4.69, 9.17) is 0 Å². The first-order valence-electron chi connectivity index (χ1n) is 15.5. The van der Waals surface area contributed by atoms with Gasteiger partial charge in [0.1, 0.15) is 5.78 Å². The molecule has 1 heterocycles. The van der Waals surface area contributed by atoms with E-state index in [9.17, 15) is 14.7 Å². The topological polar surface area (TPSA) is 60.9 Å². The number of carbonyl (C=O) groups is 2. The number of fused-ring (bicyclic) bond motifs is 5. The molecule has 6 fully saturated rings. The average Bonchev–Trinajstić information content (AvgIpc) is 3.19. The Morgan fingerprint density at radius 2 is 1.64 bits per heavy atom. The second-order valence-corrected chi connectivity index (χ2v) is 14.4. The van der Waals surface area contributed by atoms with E-state index in [1.165, 1.54) is 38.5 Å². The number of ketones is 1. The largest absolute Gasteiger partial charge is 0.389 e. The van der Waals surface area contributed by atoms with Gasteiger partial charge < -0.3 is 10.0 Å². The van der Waals surface area contributed by atoms with Crippen LogP contribution >= 0.6 is 0 Å². The van der Waals surface area contributed by atoms with Crippen LogP contribution in [0.3, 0.4) is 0 Å². The summed E-state index contributed by atoms with van der Waals surface area (Å²) in [4.78, 5) is 30.2. The maximum atomic E-state index is 13.0. The highest BCUT2D eigenvalue weighted by Crippen LogP contribution is 2.66. The van der Waals surface area contributed by atoms with Crippen molar-refractivity contribution in [1.82, 2.24) is 9.80 Å². The Kier molecular flexibility index (Phi) is 6.59. The third-order valence-corrected chi connectivity index (χ3v) is 12.7. The molecule has 5 aliphatic carbocycles. The Hall–Kier alpha value is -0.940. The molecule has 36 heavy (non-hydrogen) atoms. The molecule has 1 amide bonds. The highest BCUT2D eigenvalue weighted by Gasteiger charge is 2.61. The third-order valence-electron chi connectivity index (χ3n) is 12.7. The molecule has 0 aromatic carbocycles. The fourth-order valence-electron chi connectivity index (χ4n) is 10.4. The van der Waals surface area contributed by atoms with Gasteiger partial charge in [-0.15, -0.1) is 0 Å². The smallest absolute Gasteiger partial charge is 0.225 e. The Labute approximate surface area is 218 Å². The standard InChI is InChI=1S/C31H50N2O3/c1-29-14-15-31(36,21-32-16-18-33(19-17-32)28(35)22-6-4-3-5-7-22)20-23(29)8-9-24-25-10-11-27(34)30(25,2)13-12-26(24)29/h22-26,36H,3-21H2,1-2H3/t23?,24-,25-,26+,29-,30-,31?/m0/s1. The molecule has 2 unspecified atom stereocenters. The van der Waals surface area contributed by atoms with Gasteiger partial charge in [-0.05, 0) is 93.3 Å². The maximum absolute atomic E-state index is 13.0. The van der Waals surface area contributed by atoms with Crippen LogP contribution in [0.25, 0.3) is 0 Å². The van der Waals surface area contributed by atoms with E-state index in [-0.39, 0.29) is 11.3 Å². The van der Waals surface area contributed by atoms with Gasteiger partial charge in [-0.25, -0.2) is 0 Å². The van der Waals surface area contributed by atoms with Gasteiger partial charge in [0, 0.05) is 50.5 Å². The van der Waals surface area contributed by atoms with E-state index in [1.54, 1.807) is 0 Å². The fourth-order valence-corrected chi connectivity index (χ4v) is 10.4. The van der Waals surface area contributed by atoms with E-state index in [0.29, 0.717) is 28.9 Å².